The van der Waals surface area contributed by atoms with Crippen LogP contribution in [0.25, 0.3) is 0 Å². The molecule has 0 spiro atoms. The van der Waals surface area contributed by atoms with E-state index in [9.17, 15) is 13.2 Å². The van der Waals surface area contributed by atoms with Crippen molar-refractivity contribution < 1.29 is 13.2 Å². The van der Waals surface area contributed by atoms with Crippen molar-refractivity contribution >= 4 is 46.4 Å². The number of nitrogens with one attached hydrogen (secondary N) is 1. The van der Waals surface area contributed by atoms with Crippen LogP contribution in [0.2, 0.25) is 0 Å². The lowest BCUT2D eigenvalue weighted by molar-refractivity contribution is 0.511. The Bertz CT molecular complexity index is 116. The Balaban J connectivity index is 3.39. The second-order valence-corrected chi connectivity index (χ2v) is 4.45. The fourth-order valence-electron chi connectivity index (χ4n) is 0.0813. The molecule has 3 nitrogen and oxygen atoms in total. The Morgan fingerprint density at radius 3 is 2.33 bits per heavy atom. The first-order chi connectivity index (χ1) is 3.92. The lowest BCUT2D eigenvalue weighted by Gasteiger charge is -2.09. The molecule has 0 bridgehead atoms. The Kier molecular flexibility index (Phi) is 4.35. The summed E-state index contributed by atoms with van der Waals surface area (Å²) >= 11 is 6.89. The number of halogens is 3. The van der Waals surface area contributed by atoms with Gasteiger partial charge in [-0.2, -0.15) is 8.52 Å². The SMILES string of the molecule is O=S([O-])NSC(F)(Cl)Cl. The van der Waals surface area contributed by atoms with Gasteiger partial charge in [-0.3, -0.25) is 4.21 Å². The molecule has 9 heavy (non-hydrogen) atoms. The molecular weight excluding hydrogens is 212 g/mol. The topological polar surface area (TPSA) is 52.2 Å². The van der Waals surface area contributed by atoms with Crippen LogP contribution >= 0.6 is 35.1 Å². The van der Waals surface area contributed by atoms with E-state index in [0.717, 1.165) is 0 Å². The van der Waals surface area contributed by atoms with Crippen LogP contribution in [0.5, 0.6) is 0 Å². The van der Waals surface area contributed by atoms with Crippen LogP contribution < -0.4 is 4.13 Å². The molecule has 0 saturated carbocycles. The van der Waals surface area contributed by atoms with Crippen LogP contribution in [0.1, 0.15) is 0 Å². The molecule has 0 amide bonds. The van der Waals surface area contributed by atoms with E-state index in [0.29, 0.717) is 0 Å². The largest absolute Gasteiger partial charge is 0.759 e. The van der Waals surface area contributed by atoms with Crippen molar-refractivity contribution in [2.75, 3.05) is 0 Å². The van der Waals surface area contributed by atoms with Crippen LogP contribution in [0, 0.1) is 0 Å². The smallest absolute Gasteiger partial charge is 0.319 e. The van der Waals surface area contributed by atoms with E-state index in [1.54, 1.807) is 4.13 Å². The monoisotopic (exact) mass is 212 g/mol. The molecule has 0 aromatic rings. The molecule has 56 valence electrons. The van der Waals surface area contributed by atoms with Gasteiger partial charge in [0.25, 0.3) is 0 Å². The maximum atomic E-state index is 11.9. The zero-order valence-electron chi connectivity index (χ0n) is 3.77. The van der Waals surface area contributed by atoms with E-state index in [-0.39, 0.29) is 11.9 Å². The van der Waals surface area contributed by atoms with Gasteiger partial charge in [0.15, 0.2) is 0 Å². The standard InChI is InChI=1S/CH2Cl2FNO2S2/c2-1(3,4)8-5-9(6)7/h5H,(H,6,7)/p-1. The van der Waals surface area contributed by atoms with Gasteiger partial charge < -0.3 is 4.55 Å². The third kappa shape index (κ3) is 8.93. The molecule has 1 atom stereocenters. The van der Waals surface area contributed by atoms with Gasteiger partial charge >= 0.3 is 3.92 Å². The van der Waals surface area contributed by atoms with Gasteiger partial charge in [0.05, 0.1) is 0 Å². The summed E-state index contributed by atoms with van der Waals surface area (Å²) in [6, 6.07) is 0. The molecule has 1 unspecified atom stereocenters. The summed E-state index contributed by atoms with van der Waals surface area (Å²) in [5.74, 6) is 0. The highest BCUT2D eigenvalue weighted by atomic mass is 35.5. The van der Waals surface area contributed by atoms with Crippen LogP contribution in [0.4, 0.5) is 4.39 Å². The Hall–Kier alpha value is 0.930. The molecule has 1 N–H and O–H groups in total. The van der Waals surface area contributed by atoms with E-state index < -0.39 is 15.2 Å². The van der Waals surface area contributed by atoms with Crippen molar-refractivity contribution in [3.8, 4) is 0 Å². The average molecular weight is 213 g/mol. The van der Waals surface area contributed by atoms with Crippen LogP contribution in [0.15, 0.2) is 0 Å². The summed E-state index contributed by atoms with van der Waals surface area (Å²) in [6.45, 7) is 0. The van der Waals surface area contributed by atoms with E-state index in [1.165, 1.54) is 0 Å². The van der Waals surface area contributed by atoms with Crippen molar-refractivity contribution in [3.63, 3.8) is 0 Å². The molecule has 8 heteroatoms. The van der Waals surface area contributed by atoms with Gasteiger partial charge in [-0.15, -0.1) is 0 Å². The molecule has 0 rings (SSSR count). The van der Waals surface area contributed by atoms with Gasteiger partial charge in [-0.1, -0.05) is 23.2 Å². The molecular formula is CHCl2FNO2S2-. The van der Waals surface area contributed by atoms with E-state index in [1.807, 2.05) is 0 Å². The molecule has 0 aromatic carbocycles. The van der Waals surface area contributed by atoms with Crippen molar-refractivity contribution in [3.05, 3.63) is 0 Å². The first kappa shape index (κ1) is 9.93. The highest BCUT2D eigenvalue weighted by Crippen LogP contribution is 2.33. The van der Waals surface area contributed by atoms with Gasteiger partial charge in [-0.25, -0.2) is 0 Å². The van der Waals surface area contributed by atoms with Crippen molar-refractivity contribution in [2.45, 2.75) is 3.92 Å². The van der Waals surface area contributed by atoms with Crippen molar-refractivity contribution in [1.82, 2.24) is 4.13 Å². The molecule has 0 aliphatic heterocycles. The van der Waals surface area contributed by atoms with Gasteiger partial charge in [0.1, 0.15) is 0 Å². The molecule has 0 aliphatic rings. The number of alkyl halides is 3. The molecule has 0 aliphatic carbocycles. The minimum Gasteiger partial charge on any atom is -0.759 e. The third-order valence-corrected chi connectivity index (χ3v) is 1.80. The Morgan fingerprint density at radius 1 is 1.78 bits per heavy atom. The third-order valence-electron chi connectivity index (χ3n) is 0.225. The van der Waals surface area contributed by atoms with E-state index >= 15 is 0 Å². The lowest BCUT2D eigenvalue weighted by Crippen LogP contribution is -2.13. The van der Waals surface area contributed by atoms with Crippen LogP contribution in [-0.4, -0.2) is 12.7 Å². The zero-order chi connectivity index (χ0) is 7.49. The highest BCUT2D eigenvalue weighted by molar-refractivity contribution is 8.08. The second kappa shape index (κ2) is 3.95. The van der Waals surface area contributed by atoms with Gasteiger partial charge in [0, 0.05) is 23.2 Å². The summed E-state index contributed by atoms with van der Waals surface area (Å²) < 4.78 is 30.1. The Labute approximate surface area is 67.8 Å². The molecule has 0 aromatic heterocycles. The first-order valence-electron chi connectivity index (χ1n) is 1.51. The number of rotatable bonds is 3. The van der Waals surface area contributed by atoms with E-state index in [2.05, 4.69) is 0 Å². The normalized spacial score (nSPS) is 15.6. The predicted molar refractivity (Wildman–Crippen MR) is 35.2 cm³/mol. The predicted octanol–water partition coefficient (Wildman–Crippen LogP) is 1.08. The fourth-order valence-corrected chi connectivity index (χ4v) is 1.30. The number of hydrogen-bond donors (Lipinski definition) is 1. The number of hydrogen-bond acceptors (Lipinski definition) is 3. The molecule has 0 fully saturated rings. The maximum Gasteiger partial charge on any atom is 0.319 e. The minimum atomic E-state index is -2.61. The summed E-state index contributed by atoms with van der Waals surface area (Å²) in [5.41, 5.74) is 0. The van der Waals surface area contributed by atoms with Gasteiger partial charge in [0.2, 0.25) is 0 Å². The first-order valence-corrected chi connectivity index (χ1v) is 4.16. The van der Waals surface area contributed by atoms with Crippen molar-refractivity contribution in [2.24, 2.45) is 0 Å². The molecule has 0 saturated heterocycles. The minimum absolute atomic E-state index is 0.0432. The van der Waals surface area contributed by atoms with Crippen molar-refractivity contribution in [1.29, 1.82) is 0 Å². The Morgan fingerprint density at radius 2 is 2.22 bits per heavy atom. The molecule has 0 heterocycles. The lowest BCUT2D eigenvalue weighted by atomic mass is 11.7. The fraction of sp³-hybridized carbons (Fsp3) is 1.00. The highest BCUT2D eigenvalue weighted by Gasteiger charge is 2.22. The summed E-state index contributed by atoms with van der Waals surface area (Å²) in [7, 11) is 0. The van der Waals surface area contributed by atoms with Crippen LogP contribution in [-0.2, 0) is 11.3 Å². The average Bonchev–Trinajstić information content (AvgIpc) is 1.59. The summed E-state index contributed by atoms with van der Waals surface area (Å²) in [5, 5.41) is 0. The summed E-state index contributed by atoms with van der Waals surface area (Å²) in [4.78, 5) is 0. The quantitative estimate of drug-likeness (QED) is 0.433. The van der Waals surface area contributed by atoms with E-state index in [4.69, 9.17) is 23.2 Å². The zero-order valence-corrected chi connectivity index (χ0v) is 6.91. The summed E-state index contributed by atoms with van der Waals surface area (Å²) in [6.07, 6.45) is 0. The second-order valence-electron chi connectivity index (χ2n) is 0.866. The van der Waals surface area contributed by atoms with Gasteiger partial charge in [-0.05, 0) is 0 Å². The molecule has 0 radical (unpaired) electrons. The van der Waals surface area contributed by atoms with Crippen LogP contribution in [0.3, 0.4) is 0 Å². The maximum absolute atomic E-state index is 11.9.